The number of pyridine rings is 1. The van der Waals surface area contributed by atoms with E-state index in [1.807, 2.05) is 24.5 Å². The van der Waals surface area contributed by atoms with E-state index in [4.69, 9.17) is 4.74 Å². The maximum Gasteiger partial charge on any atom is 0.119 e. The topological polar surface area (TPSA) is 34.2 Å². The van der Waals surface area contributed by atoms with Crippen LogP contribution in [0.3, 0.4) is 0 Å². The van der Waals surface area contributed by atoms with Gasteiger partial charge in [0.05, 0.1) is 7.11 Å². The third-order valence-corrected chi connectivity index (χ3v) is 4.13. The summed E-state index contributed by atoms with van der Waals surface area (Å²) in [6, 6.07) is 10.5. The van der Waals surface area contributed by atoms with Gasteiger partial charge in [0.2, 0.25) is 0 Å². The van der Waals surface area contributed by atoms with E-state index in [0.29, 0.717) is 0 Å². The van der Waals surface area contributed by atoms with E-state index in [1.54, 1.807) is 7.11 Å². The Morgan fingerprint density at radius 1 is 1.24 bits per heavy atom. The van der Waals surface area contributed by atoms with Gasteiger partial charge in [-0.1, -0.05) is 22.9 Å². The van der Waals surface area contributed by atoms with E-state index in [9.17, 15) is 0 Å². The number of rotatable bonds is 7. The molecular formula is C17H21BrN2O. The normalized spacial score (nSPS) is 12.1. The third kappa shape index (κ3) is 4.55. The van der Waals surface area contributed by atoms with Gasteiger partial charge < -0.3 is 10.1 Å². The summed E-state index contributed by atoms with van der Waals surface area (Å²) in [5.74, 6) is 0.881. The van der Waals surface area contributed by atoms with Crippen LogP contribution in [0.5, 0.6) is 5.75 Å². The SMILES string of the molecule is CCCNC(Cc1ccncc1)c1cc(OC)ccc1Br. The van der Waals surface area contributed by atoms with Gasteiger partial charge >= 0.3 is 0 Å². The Hall–Kier alpha value is -1.39. The van der Waals surface area contributed by atoms with Gasteiger partial charge in [0, 0.05) is 22.9 Å². The van der Waals surface area contributed by atoms with Gasteiger partial charge in [-0.05, 0) is 60.8 Å². The minimum absolute atomic E-state index is 0.247. The Morgan fingerprint density at radius 3 is 2.67 bits per heavy atom. The molecule has 1 aromatic heterocycles. The van der Waals surface area contributed by atoms with Crippen molar-refractivity contribution >= 4 is 15.9 Å². The van der Waals surface area contributed by atoms with Crippen LogP contribution in [-0.4, -0.2) is 18.6 Å². The van der Waals surface area contributed by atoms with Gasteiger partial charge in [-0.2, -0.15) is 0 Å². The quantitative estimate of drug-likeness (QED) is 0.816. The van der Waals surface area contributed by atoms with Crippen LogP contribution in [0.15, 0.2) is 47.2 Å². The molecule has 1 atom stereocenters. The van der Waals surface area contributed by atoms with E-state index >= 15 is 0 Å². The first kappa shape index (κ1) is 16.0. The Kier molecular flexibility index (Phi) is 6.21. The molecule has 21 heavy (non-hydrogen) atoms. The molecule has 2 rings (SSSR count). The number of benzene rings is 1. The Balaban J connectivity index is 2.26. The zero-order valence-electron chi connectivity index (χ0n) is 12.5. The van der Waals surface area contributed by atoms with E-state index < -0.39 is 0 Å². The largest absolute Gasteiger partial charge is 0.497 e. The number of aromatic nitrogens is 1. The van der Waals surface area contributed by atoms with Crippen molar-refractivity contribution in [1.29, 1.82) is 0 Å². The smallest absolute Gasteiger partial charge is 0.119 e. The first-order chi connectivity index (χ1) is 10.2. The maximum atomic E-state index is 5.36. The molecule has 0 radical (unpaired) electrons. The fourth-order valence-corrected chi connectivity index (χ4v) is 2.80. The summed E-state index contributed by atoms with van der Waals surface area (Å²) in [7, 11) is 1.70. The summed E-state index contributed by atoms with van der Waals surface area (Å²) in [6.07, 6.45) is 5.71. The van der Waals surface area contributed by atoms with Gasteiger partial charge in [0.25, 0.3) is 0 Å². The molecule has 0 aliphatic rings. The molecule has 0 fully saturated rings. The zero-order chi connectivity index (χ0) is 15.1. The Morgan fingerprint density at radius 2 is 2.00 bits per heavy atom. The van der Waals surface area contributed by atoms with Crippen molar-refractivity contribution in [3.8, 4) is 5.75 Å². The molecule has 2 aromatic rings. The van der Waals surface area contributed by atoms with Crippen molar-refractivity contribution in [2.24, 2.45) is 0 Å². The molecule has 0 saturated carbocycles. The Bertz CT molecular complexity index is 560. The summed E-state index contributed by atoms with van der Waals surface area (Å²) in [4.78, 5) is 4.08. The summed E-state index contributed by atoms with van der Waals surface area (Å²) < 4.78 is 6.46. The summed E-state index contributed by atoms with van der Waals surface area (Å²) in [5, 5.41) is 3.62. The van der Waals surface area contributed by atoms with Gasteiger partial charge in [-0.15, -0.1) is 0 Å². The van der Waals surface area contributed by atoms with Crippen molar-refractivity contribution < 1.29 is 4.74 Å². The molecule has 0 aliphatic heterocycles. The van der Waals surface area contributed by atoms with Crippen LogP contribution in [0.25, 0.3) is 0 Å². The summed E-state index contributed by atoms with van der Waals surface area (Å²) in [5.41, 5.74) is 2.49. The van der Waals surface area contributed by atoms with Crippen molar-refractivity contribution in [1.82, 2.24) is 10.3 Å². The Labute approximate surface area is 134 Å². The van der Waals surface area contributed by atoms with Crippen LogP contribution < -0.4 is 10.1 Å². The molecule has 1 unspecified atom stereocenters. The molecule has 1 aromatic carbocycles. The van der Waals surface area contributed by atoms with E-state index in [0.717, 1.165) is 29.6 Å². The van der Waals surface area contributed by atoms with Crippen LogP contribution >= 0.6 is 15.9 Å². The lowest BCUT2D eigenvalue weighted by Crippen LogP contribution is -2.24. The maximum absolute atomic E-state index is 5.36. The minimum Gasteiger partial charge on any atom is -0.497 e. The second-order valence-corrected chi connectivity index (χ2v) is 5.81. The van der Waals surface area contributed by atoms with E-state index in [1.165, 1.54) is 11.1 Å². The number of hydrogen-bond donors (Lipinski definition) is 1. The second-order valence-electron chi connectivity index (χ2n) is 4.95. The predicted octanol–water partition coefficient (Wildman–Crippen LogP) is 4.14. The lowest BCUT2D eigenvalue weighted by atomic mass is 9.99. The standard InChI is InChI=1S/C17H21BrN2O/c1-3-8-20-17(11-13-6-9-19-10-7-13)15-12-14(21-2)4-5-16(15)18/h4-7,9-10,12,17,20H,3,8,11H2,1-2H3. The lowest BCUT2D eigenvalue weighted by molar-refractivity contribution is 0.412. The molecule has 1 N–H and O–H groups in total. The molecule has 0 saturated heterocycles. The van der Waals surface area contributed by atoms with Gasteiger partial charge in [-0.3, -0.25) is 4.98 Å². The molecule has 0 bridgehead atoms. The van der Waals surface area contributed by atoms with Gasteiger partial charge in [0.15, 0.2) is 0 Å². The molecule has 0 spiro atoms. The first-order valence-corrected chi connectivity index (χ1v) is 7.99. The highest BCUT2D eigenvalue weighted by molar-refractivity contribution is 9.10. The number of nitrogens with one attached hydrogen (secondary N) is 1. The molecular weight excluding hydrogens is 328 g/mol. The fraction of sp³-hybridized carbons (Fsp3) is 0.353. The number of hydrogen-bond acceptors (Lipinski definition) is 3. The molecule has 112 valence electrons. The monoisotopic (exact) mass is 348 g/mol. The molecule has 0 amide bonds. The number of methoxy groups -OCH3 is 1. The number of ether oxygens (including phenoxy) is 1. The van der Waals surface area contributed by atoms with Crippen LogP contribution in [0.1, 0.15) is 30.5 Å². The third-order valence-electron chi connectivity index (χ3n) is 3.41. The van der Waals surface area contributed by atoms with Crippen molar-refractivity contribution in [3.63, 3.8) is 0 Å². The minimum atomic E-state index is 0.247. The van der Waals surface area contributed by atoms with Crippen LogP contribution in [-0.2, 0) is 6.42 Å². The lowest BCUT2D eigenvalue weighted by Gasteiger charge is -2.21. The molecule has 3 nitrogen and oxygen atoms in total. The molecule has 0 aliphatic carbocycles. The fourth-order valence-electron chi connectivity index (χ4n) is 2.28. The predicted molar refractivity (Wildman–Crippen MR) is 89.7 cm³/mol. The second kappa shape index (κ2) is 8.15. The average Bonchev–Trinajstić information content (AvgIpc) is 2.53. The van der Waals surface area contributed by atoms with Crippen molar-refractivity contribution in [2.45, 2.75) is 25.8 Å². The summed E-state index contributed by atoms with van der Waals surface area (Å²) in [6.45, 7) is 3.16. The van der Waals surface area contributed by atoms with Crippen molar-refractivity contribution in [2.75, 3.05) is 13.7 Å². The zero-order valence-corrected chi connectivity index (χ0v) is 14.1. The van der Waals surface area contributed by atoms with Crippen LogP contribution in [0.2, 0.25) is 0 Å². The van der Waals surface area contributed by atoms with E-state index in [2.05, 4.69) is 51.4 Å². The van der Waals surface area contributed by atoms with Crippen molar-refractivity contribution in [3.05, 3.63) is 58.3 Å². The van der Waals surface area contributed by atoms with Gasteiger partial charge in [-0.25, -0.2) is 0 Å². The highest BCUT2D eigenvalue weighted by Gasteiger charge is 2.15. The highest BCUT2D eigenvalue weighted by Crippen LogP contribution is 2.29. The molecule has 1 heterocycles. The average molecular weight is 349 g/mol. The number of nitrogens with zero attached hydrogens (tertiary/aromatic N) is 1. The van der Waals surface area contributed by atoms with Crippen LogP contribution in [0.4, 0.5) is 0 Å². The number of halogens is 1. The van der Waals surface area contributed by atoms with Crippen LogP contribution in [0, 0.1) is 0 Å². The van der Waals surface area contributed by atoms with E-state index in [-0.39, 0.29) is 6.04 Å². The molecule has 4 heteroatoms. The highest BCUT2D eigenvalue weighted by atomic mass is 79.9. The summed E-state index contributed by atoms with van der Waals surface area (Å²) >= 11 is 3.66. The first-order valence-electron chi connectivity index (χ1n) is 7.20. The van der Waals surface area contributed by atoms with Gasteiger partial charge in [0.1, 0.15) is 5.75 Å².